The van der Waals surface area contributed by atoms with Gasteiger partial charge < -0.3 is 15.0 Å². The number of nitrogens with zero attached hydrogens (tertiary/aromatic N) is 2. The van der Waals surface area contributed by atoms with Gasteiger partial charge in [0.15, 0.2) is 0 Å². The van der Waals surface area contributed by atoms with E-state index in [1.54, 1.807) is 0 Å². The van der Waals surface area contributed by atoms with Crippen LogP contribution in [0.4, 0.5) is 0 Å². The van der Waals surface area contributed by atoms with Crippen molar-refractivity contribution in [2.24, 2.45) is 0 Å². The number of ether oxygens (including phenoxy) is 1. The Labute approximate surface area is 193 Å². The Kier molecular flexibility index (Phi) is 8.54. The average molecular weight is 471 g/mol. The van der Waals surface area contributed by atoms with Crippen LogP contribution >= 0.6 is 0 Å². The molecule has 1 aliphatic rings. The van der Waals surface area contributed by atoms with Gasteiger partial charge in [-0.15, -0.1) is 0 Å². The first-order chi connectivity index (χ1) is 15.9. The maximum atomic E-state index is 13.5. The lowest BCUT2D eigenvalue weighted by atomic mass is 10.1. The highest BCUT2D eigenvalue weighted by molar-refractivity contribution is 7.89. The van der Waals surface area contributed by atoms with E-state index in [4.69, 9.17) is 10.00 Å². The van der Waals surface area contributed by atoms with Crippen LogP contribution < -0.4 is 10.0 Å². The van der Waals surface area contributed by atoms with Crippen LogP contribution in [0, 0.1) is 11.3 Å². The van der Waals surface area contributed by atoms with Crippen LogP contribution in [-0.2, 0) is 30.8 Å². The third-order valence-electron chi connectivity index (χ3n) is 5.17. The molecular formula is C23H26N4O5S. The van der Waals surface area contributed by atoms with E-state index in [0.717, 1.165) is 5.56 Å². The zero-order valence-corrected chi connectivity index (χ0v) is 18.9. The highest BCUT2D eigenvalue weighted by atomic mass is 32.2. The van der Waals surface area contributed by atoms with Gasteiger partial charge >= 0.3 is 0 Å². The van der Waals surface area contributed by atoms with Crippen LogP contribution in [0.25, 0.3) is 0 Å². The number of hydrogen-bond acceptors (Lipinski definition) is 6. The van der Waals surface area contributed by atoms with Crippen LogP contribution in [-0.4, -0.2) is 64.0 Å². The topological polar surface area (TPSA) is 129 Å². The summed E-state index contributed by atoms with van der Waals surface area (Å²) in [7, 11) is -4.05. The summed E-state index contributed by atoms with van der Waals surface area (Å²) in [5, 5.41) is 11.7. The number of sulfonamides is 1. The van der Waals surface area contributed by atoms with Gasteiger partial charge in [0.25, 0.3) is 0 Å². The Balaban J connectivity index is 1.85. The number of benzene rings is 2. The minimum Gasteiger partial charge on any atom is -0.378 e. The maximum absolute atomic E-state index is 13.5. The van der Waals surface area contributed by atoms with Gasteiger partial charge in [-0.25, -0.2) is 8.42 Å². The van der Waals surface area contributed by atoms with Gasteiger partial charge in [-0.05, 0) is 36.2 Å². The molecule has 2 aromatic rings. The van der Waals surface area contributed by atoms with Gasteiger partial charge in [-0.3, -0.25) is 9.59 Å². The van der Waals surface area contributed by atoms with E-state index in [9.17, 15) is 18.0 Å². The fourth-order valence-corrected chi connectivity index (χ4v) is 4.60. The summed E-state index contributed by atoms with van der Waals surface area (Å²) in [6, 6.07) is 15.4. The summed E-state index contributed by atoms with van der Waals surface area (Å²) in [6.07, 6.45) is 0.255. The fraction of sp³-hybridized carbons (Fsp3) is 0.348. The van der Waals surface area contributed by atoms with Gasteiger partial charge in [0.05, 0.1) is 29.7 Å². The van der Waals surface area contributed by atoms with E-state index in [1.165, 1.54) is 29.2 Å². The van der Waals surface area contributed by atoms with E-state index in [2.05, 4.69) is 10.0 Å². The van der Waals surface area contributed by atoms with Crippen molar-refractivity contribution >= 4 is 21.8 Å². The van der Waals surface area contributed by atoms with Crippen molar-refractivity contribution in [1.82, 2.24) is 14.9 Å². The quantitative estimate of drug-likeness (QED) is 0.643. The van der Waals surface area contributed by atoms with E-state index in [0.29, 0.717) is 18.7 Å². The number of nitrogens with one attached hydrogen (secondary N) is 2. The summed E-state index contributed by atoms with van der Waals surface area (Å²) in [6.45, 7) is 1.43. The molecule has 33 heavy (non-hydrogen) atoms. The lowest BCUT2D eigenvalue weighted by Crippen LogP contribution is -2.51. The van der Waals surface area contributed by atoms with E-state index >= 15 is 0 Å². The Hall–Kier alpha value is -3.26. The van der Waals surface area contributed by atoms with Crippen LogP contribution in [0.1, 0.15) is 17.5 Å². The third-order valence-corrected chi connectivity index (χ3v) is 6.65. The molecule has 0 radical (unpaired) electrons. The Morgan fingerprint density at radius 2 is 1.85 bits per heavy atom. The molecule has 1 fully saturated rings. The standard InChI is InChI=1S/C23H26N4O5S/c24-17-19-6-8-20(9-7-19)33(30,31)26-21(16-18-4-2-1-3-5-18)23(29)27-12-10-22(28)25-11-14-32-15-13-27/h1-9,21,26H,10-16H2,(H,25,28)/t21-/m1/s1. The van der Waals surface area contributed by atoms with Gasteiger partial charge in [-0.1, -0.05) is 30.3 Å². The van der Waals surface area contributed by atoms with Crippen molar-refractivity contribution in [2.45, 2.75) is 23.8 Å². The number of rotatable bonds is 6. The maximum Gasteiger partial charge on any atom is 0.241 e. The van der Waals surface area contributed by atoms with E-state index in [1.807, 2.05) is 36.4 Å². The molecule has 2 aromatic carbocycles. The first kappa shape index (κ1) is 24.4. The summed E-state index contributed by atoms with van der Waals surface area (Å²) in [4.78, 5) is 26.8. The second kappa shape index (κ2) is 11.6. The smallest absolute Gasteiger partial charge is 0.241 e. The van der Waals surface area contributed by atoms with Gasteiger partial charge in [0.2, 0.25) is 21.8 Å². The Bertz CT molecular complexity index is 1100. The molecule has 0 unspecified atom stereocenters. The second-order valence-electron chi connectivity index (χ2n) is 7.54. The molecular weight excluding hydrogens is 444 g/mol. The van der Waals surface area contributed by atoms with Gasteiger partial charge in [-0.2, -0.15) is 9.98 Å². The van der Waals surface area contributed by atoms with Crippen LogP contribution in [0.15, 0.2) is 59.5 Å². The summed E-state index contributed by atoms with van der Waals surface area (Å²) < 4.78 is 34.1. The zero-order chi connectivity index (χ0) is 23.7. The minimum atomic E-state index is -4.05. The van der Waals surface area contributed by atoms with Gasteiger partial charge in [0.1, 0.15) is 6.04 Å². The SMILES string of the molecule is N#Cc1ccc(S(=O)(=O)N[C@H](Cc2ccccc2)C(=O)N2CCOCCNC(=O)CC2)cc1. The lowest BCUT2D eigenvalue weighted by Gasteiger charge is -2.28. The lowest BCUT2D eigenvalue weighted by molar-refractivity contribution is -0.134. The molecule has 2 amide bonds. The highest BCUT2D eigenvalue weighted by Crippen LogP contribution is 2.14. The molecule has 174 valence electrons. The number of carbonyl (C=O) groups excluding carboxylic acids is 2. The first-order valence-electron chi connectivity index (χ1n) is 10.6. The van der Waals surface area contributed by atoms with Crippen molar-refractivity contribution in [3.05, 3.63) is 65.7 Å². The van der Waals surface area contributed by atoms with Crippen molar-refractivity contribution < 1.29 is 22.7 Å². The molecule has 10 heteroatoms. The van der Waals surface area contributed by atoms with Crippen LogP contribution in [0.5, 0.6) is 0 Å². The molecule has 0 aliphatic carbocycles. The van der Waals surface area contributed by atoms with Crippen LogP contribution in [0.2, 0.25) is 0 Å². The molecule has 2 N–H and O–H groups in total. The van der Waals surface area contributed by atoms with Crippen molar-refractivity contribution in [3.63, 3.8) is 0 Å². The molecule has 9 nitrogen and oxygen atoms in total. The first-order valence-corrected chi connectivity index (χ1v) is 12.1. The van der Waals surface area contributed by atoms with E-state index < -0.39 is 22.0 Å². The molecule has 0 spiro atoms. The fourth-order valence-electron chi connectivity index (χ4n) is 3.41. The molecule has 1 saturated heterocycles. The number of hydrogen-bond donors (Lipinski definition) is 2. The molecule has 1 heterocycles. The summed E-state index contributed by atoms with van der Waals surface area (Å²) >= 11 is 0. The minimum absolute atomic E-state index is 0.0453. The predicted octanol–water partition coefficient (Wildman–Crippen LogP) is 0.813. The monoisotopic (exact) mass is 470 g/mol. The molecule has 1 atom stereocenters. The molecule has 1 aliphatic heterocycles. The molecule has 3 rings (SSSR count). The van der Waals surface area contributed by atoms with Crippen molar-refractivity contribution in [3.8, 4) is 6.07 Å². The normalized spacial score (nSPS) is 16.3. The molecule has 0 bridgehead atoms. The predicted molar refractivity (Wildman–Crippen MR) is 120 cm³/mol. The van der Waals surface area contributed by atoms with Crippen LogP contribution in [0.3, 0.4) is 0 Å². The number of nitriles is 1. The van der Waals surface area contributed by atoms with E-state index in [-0.39, 0.29) is 43.3 Å². The summed E-state index contributed by atoms with van der Waals surface area (Å²) in [5.41, 5.74) is 1.12. The van der Waals surface area contributed by atoms with Gasteiger partial charge in [0, 0.05) is 26.1 Å². The average Bonchev–Trinajstić information content (AvgIpc) is 2.83. The van der Waals surface area contributed by atoms with Crippen molar-refractivity contribution in [2.75, 3.05) is 32.8 Å². The second-order valence-corrected chi connectivity index (χ2v) is 9.25. The number of amides is 2. The largest absolute Gasteiger partial charge is 0.378 e. The third kappa shape index (κ3) is 7.12. The molecule has 0 aromatic heterocycles. The Morgan fingerprint density at radius 3 is 2.55 bits per heavy atom. The summed E-state index contributed by atoms with van der Waals surface area (Å²) in [5.74, 6) is -0.635. The molecule has 0 saturated carbocycles. The van der Waals surface area contributed by atoms with Crippen molar-refractivity contribution in [1.29, 1.82) is 5.26 Å². The number of carbonyl (C=O) groups is 2. The Morgan fingerprint density at radius 1 is 1.12 bits per heavy atom. The highest BCUT2D eigenvalue weighted by Gasteiger charge is 2.30. The zero-order valence-electron chi connectivity index (χ0n) is 18.1.